The van der Waals surface area contributed by atoms with Crippen molar-refractivity contribution in [2.45, 2.75) is 44.6 Å². The van der Waals surface area contributed by atoms with E-state index in [2.05, 4.69) is 24.4 Å². The van der Waals surface area contributed by atoms with Gasteiger partial charge in [-0.25, -0.2) is 4.79 Å². The summed E-state index contributed by atoms with van der Waals surface area (Å²) in [6, 6.07) is 8.15. The molecule has 0 spiro atoms. The van der Waals surface area contributed by atoms with Crippen LogP contribution in [0.2, 0.25) is 0 Å². The highest BCUT2D eigenvalue weighted by atomic mass is 16.3. The molecule has 2 fully saturated rings. The van der Waals surface area contributed by atoms with E-state index in [-0.39, 0.29) is 17.9 Å². The molecule has 1 atom stereocenters. The van der Waals surface area contributed by atoms with Crippen LogP contribution in [0.4, 0.5) is 4.79 Å². The molecule has 2 aliphatic rings. The first-order valence-electron chi connectivity index (χ1n) is 9.89. The van der Waals surface area contributed by atoms with Crippen molar-refractivity contribution in [3.8, 4) is 0 Å². The standard InChI is InChI=1S/C21H31N3O3/c1-16-4-3-5-17(12-16)14-21(27)7-10-24(11-8-21)20(26)22-15-18-6-9-23(2)19(25)13-18/h3-5,12,18,27H,6-11,13-15H2,1-2H3,(H,22,26). The molecule has 0 aliphatic carbocycles. The Morgan fingerprint density at radius 3 is 2.70 bits per heavy atom. The maximum atomic E-state index is 12.4. The van der Waals surface area contributed by atoms with Crippen molar-refractivity contribution in [2.24, 2.45) is 5.92 Å². The molecule has 3 rings (SSSR count). The molecule has 148 valence electrons. The van der Waals surface area contributed by atoms with Gasteiger partial charge >= 0.3 is 6.03 Å². The number of carbonyl (C=O) groups excluding carboxylic acids is 2. The van der Waals surface area contributed by atoms with Gasteiger partial charge in [-0.1, -0.05) is 29.8 Å². The number of amides is 3. The van der Waals surface area contributed by atoms with Gasteiger partial charge in [-0.3, -0.25) is 4.79 Å². The number of aliphatic hydroxyl groups is 1. The number of rotatable bonds is 4. The second kappa shape index (κ2) is 8.30. The summed E-state index contributed by atoms with van der Waals surface area (Å²) >= 11 is 0. The van der Waals surface area contributed by atoms with Crippen LogP contribution < -0.4 is 5.32 Å². The van der Waals surface area contributed by atoms with Crippen LogP contribution in [0.3, 0.4) is 0 Å². The summed E-state index contributed by atoms with van der Waals surface area (Å²) < 4.78 is 0. The molecule has 0 aromatic heterocycles. The Balaban J connectivity index is 1.44. The van der Waals surface area contributed by atoms with E-state index >= 15 is 0 Å². The van der Waals surface area contributed by atoms with Crippen LogP contribution in [-0.2, 0) is 11.2 Å². The summed E-state index contributed by atoms with van der Waals surface area (Å²) in [5, 5.41) is 13.9. The lowest BCUT2D eigenvalue weighted by Gasteiger charge is -2.38. The van der Waals surface area contributed by atoms with Crippen molar-refractivity contribution in [3.63, 3.8) is 0 Å². The fourth-order valence-corrected chi connectivity index (χ4v) is 4.03. The fourth-order valence-electron chi connectivity index (χ4n) is 4.03. The van der Waals surface area contributed by atoms with Gasteiger partial charge in [0.15, 0.2) is 0 Å². The number of carbonyl (C=O) groups is 2. The van der Waals surface area contributed by atoms with Crippen LogP contribution in [0.1, 0.15) is 36.8 Å². The van der Waals surface area contributed by atoms with Gasteiger partial charge in [-0.15, -0.1) is 0 Å². The molecule has 27 heavy (non-hydrogen) atoms. The number of nitrogens with one attached hydrogen (secondary N) is 1. The summed E-state index contributed by atoms with van der Waals surface area (Å²) in [6.45, 7) is 4.47. The predicted molar refractivity (Wildman–Crippen MR) is 104 cm³/mol. The molecule has 6 heteroatoms. The Kier molecular flexibility index (Phi) is 6.05. The summed E-state index contributed by atoms with van der Waals surface area (Å²) in [5.74, 6) is 0.375. The first kappa shape index (κ1) is 19.7. The van der Waals surface area contributed by atoms with E-state index in [9.17, 15) is 14.7 Å². The normalized spacial score (nSPS) is 22.6. The largest absolute Gasteiger partial charge is 0.389 e. The van der Waals surface area contributed by atoms with Gasteiger partial charge in [0.05, 0.1) is 5.60 Å². The highest BCUT2D eigenvalue weighted by Gasteiger charge is 2.34. The number of hydrogen-bond donors (Lipinski definition) is 2. The second-order valence-electron chi connectivity index (χ2n) is 8.24. The molecule has 3 amide bonds. The van der Waals surface area contributed by atoms with Crippen molar-refractivity contribution in [2.75, 3.05) is 33.2 Å². The number of urea groups is 1. The molecule has 2 N–H and O–H groups in total. The summed E-state index contributed by atoms with van der Waals surface area (Å²) in [7, 11) is 1.82. The first-order valence-corrected chi connectivity index (χ1v) is 9.89. The van der Waals surface area contributed by atoms with Crippen LogP contribution in [0.25, 0.3) is 0 Å². The molecular weight excluding hydrogens is 342 g/mol. The van der Waals surface area contributed by atoms with Crippen LogP contribution in [-0.4, -0.2) is 65.7 Å². The third-order valence-corrected chi connectivity index (χ3v) is 5.90. The van der Waals surface area contributed by atoms with E-state index in [1.165, 1.54) is 5.56 Å². The highest BCUT2D eigenvalue weighted by molar-refractivity contribution is 5.77. The minimum atomic E-state index is -0.745. The third-order valence-electron chi connectivity index (χ3n) is 5.90. The maximum Gasteiger partial charge on any atom is 0.317 e. The van der Waals surface area contributed by atoms with Gasteiger partial charge in [0.1, 0.15) is 0 Å². The predicted octanol–water partition coefficient (Wildman–Crippen LogP) is 1.94. The number of likely N-dealkylation sites (tertiary alicyclic amines) is 2. The molecule has 1 aromatic carbocycles. The van der Waals surface area contributed by atoms with E-state index in [0.717, 1.165) is 18.5 Å². The van der Waals surface area contributed by atoms with Crippen molar-refractivity contribution in [1.29, 1.82) is 0 Å². The van der Waals surface area contributed by atoms with E-state index in [4.69, 9.17) is 0 Å². The van der Waals surface area contributed by atoms with Gasteiger partial charge in [0.2, 0.25) is 5.91 Å². The number of benzene rings is 1. The SMILES string of the molecule is Cc1cccc(CC2(O)CCN(C(=O)NCC3CCN(C)C(=O)C3)CC2)c1. The molecule has 1 unspecified atom stereocenters. The lowest BCUT2D eigenvalue weighted by Crippen LogP contribution is -2.51. The van der Waals surface area contributed by atoms with Gasteiger partial charge in [-0.2, -0.15) is 0 Å². The van der Waals surface area contributed by atoms with E-state index in [1.54, 1.807) is 9.80 Å². The van der Waals surface area contributed by atoms with Crippen molar-refractivity contribution in [3.05, 3.63) is 35.4 Å². The second-order valence-corrected chi connectivity index (χ2v) is 8.24. The molecule has 2 aliphatic heterocycles. The Hall–Kier alpha value is -2.08. The fraction of sp³-hybridized carbons (Fsp3) is 0.619. The minimum absolute atomic E-state index is 0.0843. The monoisotopic (exact) mass is 373 g/mol. The molecule has 1 aromatic rings. The lowest BCUT2D eigenvalue weighted by molar-refractivity contribution is -0.133. The lowest BCUT2D eigenvalue weighted by atomic mass is 9.85. The van der Waals surface area contributed by atoms with E-state index in [1.807, 2.05) is 19.2 Å². The number of piperidine rings is 2. The molecule has 2 heterocycles. The van der Waals surface area contributed by atoms with Gasteiger partial charge in [-0.05, 0) is 37.7 Å². The zero-order valence-corrected chi connectivity index (χ0v) is 16.4. The van der Waals surface area contributed by atoms with Crippen LogP contribution >= 0.6 is 0 Å². The van der Waals surface area contributed by atoms with Gasteiger partial charge < -0.3 is 20.2 Å². The molecule has 0 saturated carbocycles. The smallest absolute Gasteiger partial charge is 0.317 e. The number of hydrogen-bond acceptors (Lipinski definition) is 3. The topological polar surface area (TPSA) is 72.9 Å². The molecule has 6 nitrogen and oxygen atoms in total. The van der Waals surface area contributed by atoms with Gasteiger partial charge in [0, 0.05) is 46.1 Å². The third kappa shape index (κ3) is 5.22. The van der Waals surface area contributed by atoms with E-state index in [0.29, 0.717) is 45.3 Å². The molecular formula is C21H31N3O3. The summed E-state index contributed by atoms with van der Waals surface area (Å²) in [5.41, 5.74) is 1.59. The number of nitrogens with zero attached hydrogens (tertiary/aromatic N) is 2. The van der Waals surface area contributed by atoms with Crippen molar-refractivity contribution in [1.82, 2.24) is 15.1 Å². The zero-order valence-electron chi connectivity index (χ0n) is 16.4. The molecule has 0 radical (unpaired) electrons. The Morgan fingerprint density at radius 2 is 2.04 bits per heavy atom. The van der Waals surface area contributed by atoms with Crippen molar-refractivity contribution >= 4 is 11.9 Å². The van der Waals surface area contributed by atoms with Crippen LogP contribution in [0.15, 0.2) is 24.3 Å². The average molecular weight is 373 g/mol. The number of aryl methyl sites for hydroxylation is 1. The Labute approximate surface area is 161 Å². The molecule has 0 bridgehead atoms. The minimum Gasteiger partial charge on any atom is -0.389 e. The van der Waals surface area contributed by atoms with Gasteiger partial charge in [0.25, 0.3) is 0 Å². The van der Waals surface area contributed by atoms with Crippen molar-refractivity contribution < 1.29 is 14.7 Å². The molecule has 2 saturated heterocycles. The first-order chi connectivity index (χ1) is 12.8. The Bertz CT molecular complexity index is 683. The van der Waals surface area contributed by atoms with E-state index < -0.39 is 5.60 Å². The van der Waals surface area contributed by atoms with Crippen LogP contribution in [0.5, 0.6) is 0 Å². The summed E-state index contributed by atoms with van der Waals surface area (Å²) in [4.78, 5) is 27.7. The quantitative estimate of drug-likeness (QED) is 0.847. The Morgan fingerprint density at radius 1 is 1.30 bits per heavy atom. The highest BCUT2D eigenvalue weighted by Crippen LogP contribution is 2.27. The summed E-state index contributed by atoms with van der Waals surface area (Å²) in [6.07, 6.45) is 3.23. The zero-order chi connectivity index (χ0) is 19.4. The van der Waals surface area contributed by atoms with Crippen LogP contribution in [0, 0.1) is 12.8 Å². The maximum absolute atomic E-state index is 12.4. The average Bonchev–Trinajstić information content (AvgIpc) is 2.63.